The van der Waals surface area contributed by atoms with Crippen molar-refractivity contribution in [2.24, 2.45) is 0 Å². The minimum atomic E-state index is 0. The number of rotatable bonds is 3. The van der Waals surface area contributed by atoms with Crippen LogP contribution in [0.15, 0.2) is 108 Å². The fourth-order valence-electron chi connectivity index (χ4n) is 5.66. The number of furan rings is 1. The SMILES string of the molecule is Oc1cccc2c1-c1nc(-c3cn(-c4ccccc4)c(-c4[c-]cc5oc6ccccc6c5c4)n3)ccc1CC2.[Pt]. The van der Waals surface area contributed by atoms with Crippen molar-refractivity contribution >= 4 is 21.9 Å². The molecule has 4 aromatic carbocycles. The molecule has 6 heteroatoms. The predicted octanol–water partition coefficient (Wildman–Crippen LogP) is 7.77. The number of hydrogen-bond acceptors (Lipinski definition) is 4. The van der Waals surface area contributed by atoms with E-state index < -0.39 is 0 Å². The summed E-state index contributed by atoms with van der Waals surface area (Å²) in [5, 5.41) is 12.8. The molecule has 40 heavy (non-hydrogen) atoms. The molecule has 3 aromatic heterocycles. The summed E-state index contributed by atoms with van der Waals surface area (Å²) in [5.41, 5.74) is 8.96. The molecule has 0 atom stereocenters. The molecule has 0 fully saturated rings. The first kappa shape index (κ1) is 24.6. The summed E-state index contributed by atoms with van der Waals surface area (Å²) < 4.78 is 8.12. The van der Waals surface area contributed by atoms with Gasteiger partial charge in [0.1, 0.15) is 11.3 Å². The van der Waals surface area contributed by atoms with Gasteiger partial charge < -0.3 is 14.1 Å². The van der Waals surface area contributed by atoms with Gasteiger partial charge in [-0.05, 0) is 54.3 Å². The smallest absolute Gasteiger partial charge is 0.125 e. The van der Waals surface area contributed by atoms with Crippen molar-refractivity contribution in [3.8, 4) is 45.5 Å². The van der Waals surface area contributed by atoms with Gasteiger partial charge >= 0.3 is 0 Å². The van der Waals surface area contributed by atoms with E-state index in [-0.39, 0.29) is 26.8 Å². The van der Waals surface area contributed by atoms with E-state index in [1.807, 2.05) is 60.8 Å². The van der Waals surface area contributed by atoms with Crippen molar-refractivity contribution in [1.82, 2.24) is 14.5 Å². The third-order valence-corrected chi connectivity index (χ3v) is 7.56. The second-order valence-corrected chi connectivity index (χ2v) is 9.89. The van der Waals surface area contributed by atoms with Crippen LogP contribution in [0, 0.1) is 6.07 Å². The number of benzene rings is 4. The Balaban J connectivity index is 0.00000264. The molecule has 0 spiro atoms. The Hall–Kier alpha value is -4.47. The number of hydrogen-bond donors (Lipinski definition) is 1. The number of para-hydroxylation sites is 2. The first-order valence-electron chi connectivity index (χ1n) is 13.0. The van der Waals surface area contributed by atoms with Crippen molar-refractivity contribution in [2.45, 2.75) is 12.8 Å². The molecular formula is C34H22N3O2Pt-. The first-order chi connectivity index (χ1) is 19.2. The van der Waals surface area contributed by atoms with Crippen molar-refractivity contribution in [3.05, 3.63) is 120 Å². The minimum absolute atomic E-state index is 0. The van der Waals surface area contributed by atoms with Crippen LogP contribution in [0.25, 0.3) is 61.7 Å². The van der Waals surface area contributed by atoms with Crippen LogP contribution in [-0.4, -0.2) is 19.6 Å². The van der Waals surface area contributed by atoms with Gasteiger partial charge in [0.15, 0.2) is 0 Å². The fraction of sp³-hybridized carbons (Fsp3) is 0.0588. The summed E-state index contributed by atoms with van der Waals surface area (Å²) in [6.07, 6.45) is 3.82. The molecular weight excluding hydrogens is 677 g/mol. The molecule has 0 saturated heterocycles. The van der Waals surface area contributed by atoms with Crippen molar-refractivity contribution in [2.75, 3.05) is 0 Å². The summed E-state index contributed by atoms with van der Waals surface area (Å²) in [6.45, 7) is 0. The zero-order valence-corrected chi connectivity index (χ0v) is 23.5. The molecule has 0 saturated carbocycles. The van der Waals surface area contributed by atoms with Crippen LogP contribution in [-0.2, 0) is 33.9 Å². The van der Waals surface area contributed by atoms with E-state index >= 15 is 0 Å². The second kappa shape index (κ2) is 9.62. The van der Waals surface area contributed by atoms with Crippen LogP contribution in [0.4, 0.5) is 0 Å². The number of phenols is 1. The standard InChI is InChI=1S/C34H22N3O2.Pt/c38-29-11-6-7-21-13-14-22-15-17-27(35-33(22)32(21)29)28-20-37(24-8-2-1-3-9-24)34(36-28)23-16-18-31-26(19-23)25-10-4-5-12-30(25)39-31;/h1-12,15,17-20,38H,13-14H2;/q-1;. The Bertz CT molecular complexity index is 2040. The van der Waals surface area contributed by atoms with Crippen LogP contribution in [0.3, 0.4) is 0 Å². The van der Waals surface area contributed by atoms with Gasteiger partial charge in [-0.3, -0.25) is 4.98 Å². The average Bonchev–Trinajstić information content (AvgIpc) is 3.59. The molecule has 0 amide bonds. The normalized spacial score (nSPS) is 12.2. The van der Waals surface area contributed by atoms with E-state index in [9.17, 15) is 5.11 Å². The van der Waals surface area contributed by atoms with Crippen LogP contribution in [0.1, 0.15) is 11.1 Å². The van der Waals surface area contributed by atoms with Crippen LogP contribution >= 0.6 is 0 Å². The number of fused-ring (bicyclic) bond motifs is 6. The number of pyridine rings is 1. The maximum atomic E-state index is 10.7. The summed E-state index contributed by atoms with van der Waals surface area (Å²) in [7, 11) is 0. The Morgan fingerprint density at radius 3 is 2.48 bits per heavy atom. The van der Waals surface area contributed by atoms with E-state index in [0.717, 1.165) is 85.6 Å². The molecule has 8 rings (SSSR count). The van der Waals surface area contributed by atoms with E-state index in [2.05, 4.69) is 47.0 Å². The molecule has 0 bridgehead atoms. The Labute approximate surface area is 245 Å². The molecule has 1 N–H and O–H groups in total. The molecule has 0 radical (unpaired) electrons. The zero-order chi connectivity index (χ0) is 25.9. The van der Waals surface area contributed by atoms with Gasteiger partial charge in [-0.15, -0.1) is 23.8 Å². The van der Waals surface area contributed by atoms with Crippen molar-refractivity contribution in [3.63, 3.8) is 0 Å². The van der Waals surface area contributed by atoms with Gasteiger partial charge in [0.2, 0.25) is 0 Å². The summed E-state index contributed by atoms with van der Waals surface area (Å²) in [6, 6.07) is 35.5. The summed E-state index contributed by atoms with van der Waals surface area (Å²) in [4.78, 5) is 10.2. The van der Waals surface area contributed by atoms with Crippen molar-refractivity contribution < 1.29 is 30.6 Å². The van der Waals surface area contributed by atoms with Gasteiger partial charge in [0.05, 0.1) is 28.5 Å². The number of aryl methyl sites for hydroxylation is 2. The monoisotopic (exact) mass is 699 g/mol. The van der Waals surface area contributed by atoms with E-state index in [1.165, 1.54) is 0 Å². The molecule has 7 aromatic rings. The van der Waals surface area contributed by atoms with E-state index in [0.29, 0.717) is 0 Å². The molecule has 1 aliphatic rings. The third-order valence-electron chi connectivity index (χ3n) is 7.56. The van der Waals surface area contributed by atoms with Crippen LogP contribution < -0.4 is 0 Å². The first-order valence-corrected chi connectivity index (χ1v) is 13.0. The number of aromatic nitrogens is 3. The predicted molar refractivity (Wildman–Crippen MR) is 153 cm³/mol. The fourth-order valence-corrected chi connectivity index (χ4v) is 5.66. The van der Waals surface area contributed by atoms with Gasteiger partial charge in [0, 0.05) is 43.9 Å². The van der Waals surface area contributed by atoms with Crippen LogP contribution in [0.5, 0.6) is 5.75 Å². The molecule has 196 valence electrons. The quantitative estimate of drug-likeness (QED) is 0.192. The molecule has 0 unspecified atom stereocenters. The Morgan fingerprint density at radius 1 is 0.750 bits per heavy atom. The van der Waals surface area contributed by atoms with Gasteiger partial charge in [-0.25, -0.2) is 4.98 Å². The third kappa shape index (κ3) is 3.89. The summed E-state index contributed by atoms with van der Waals surface area (Å²) >= 11 is 0. The topological polar surface area (TPSA) is 64.1 Å². The molecule has 0 aliphatic heterocycles. The van der Waals surface area contributed by atoms with Gasteiger partial charge in [-0.2, -0.15) is 0 Å². The molecule has 1 aliphatic carbocycles. The molecule has 5 nitrogen and oxygen atoms in total. The Kier molecular flexibility index (Phi) is 5.91. The number of nitrogens with zero attached hydrogens (tertiary/aromatic N) is 3. The second-order valence-electron chi connectivity index (χ2n) is 9.89. The van der Waals surface area contributed by atoms with E-state index in [4.69, 9.17) is 14.4 Å². The number of phenolic OH excluding ortho intramolecular Hbond substituents is 1. The number of imidazole rings is 1. The maximum absolute atomic E-state index is 10.7. The van der Waals surface area contributed by atoms with Gasteiger partial charge in [-0.1, -0.05) is 60.0 Å². The zero-order valence-electron chi connectivity index (χ0n) is 21.2. The largest absolute Gasteiger partial charge is 0.507 e. The maximum Gasteiger partial charge on any atom is 0.125 e. The van der Waals surface area contributed by atoms with Crippen LogP contribution in [0.2, 0.25) is 0 Å². The number of aromatic hydroxyl groups is 1. The van der Waals surface area contributed by atoms with Crippen molar-refractivity contribution in [1.29, 1.82) is 0 Å². The van der Waals surface area contributed by atoms with E-state index in [1.54, 1.807) is 6.07 Å². The van der Waals surface area contributed by atoms with Gasteiger partial charge in [0.25, 0.3) is 0 Å². The Morgan fingerprint density at radius 2 is 1.57 bits per heavy atom. The summed E-state index contributed by atoms with van der Waals surface area (Å²) in [5.74, 6) is 1.04. The minimum Gasteiger partial charge on any atom is -0.507 e. The average molecular weight is 700 g/mol. The molecule has 3 heterocycles.